The van der Waals surface area contributed by atoms with Gasteiger partial charge in [-0.05, 0) is 29.8 Å². The van der Waals surface area contributed by atoms with E-state index in [1.807, 2.05) is 24.3 Å². The maximum atomic E-state index is 5.11. The van der Waals surface area contributed by atoms with Gasteiger partial charge in [-0.1, -0.05) is 36.4 Å². The maximum absolute atomic E-state index is 5.11. The molecule has 2 aromatic rings. The van der Waals surface area contributed by atoms with E-state index in [2.05, 4.69) is 43.8 Å². The van der Waals surface area contributed by atoms with E-state index in [0.29, 0.717) is 21.6 Å². The number of hydrazone groups is 2. The second kappa shape index (κ2) is 6.90. The van der Waals surface area contributed by atoms with E-state index in [9.17, 15) is 0 Å². The van der Waals surface area contributed by atoms with Gasteiger partial charge in [-0.2, -0.15) is 10.2 Å². The van der Waals surface area contributed by atoms with E-state index in [4.69, 9.17) is 24.4 Å². The van der Waals surface area contributed by atoms with Crippen LogP contribution in [0.25, 0.3) is 10.8 Å². The van der Waals surface area contributed by atoms with Crippen LogP contribution in [0.1, 0.15) is 11.1 Å². The summed E-state index contributed by atoms with van der Waals surface area (Å²) in [5.74, 6) is 0. The number of nitrogens with zero attached hydrogens (tertiary/aromatic N) is 2. The summed E-state index contributed by atoms with van der Waals surface area (Å²) in [6, 6.07) is 12.2. The van der Waals surface area contributed by atoms with E-state index in [0.717, 1.165) is 21.9 Å². The van der Waals surface area contributed by atoms with Gasteiger partial charge in [0, 0.05) is 30.6 Å². The van der Waals surface area contributed by atoms with Crippen LogP contribution >= 0.6 is 24.4 Å². The Morgan fingerprint density at radius 3 is 1.67 bits per heavy atom. The average molecular weight is 356 g/mol. The van der Waals surface area contributed by atoms with Crippen LogP contribution in [0.4, 0.5) is 0 Å². The lowest BCUT2D eigenvalue weighted by Crippen LogP contribution is -2.32. The summed E-state index contributed by atoms with van der Waals surface area (Å²) in [6.45, 7) is 0. The van der Waals surface area contributed by atoms with Gasteiger partial charge >= 0.3 is 0 Å². The summed E-state index contributed by atoms with van der Waals surface area (Å²) in [4.78, 5) is 0. The van der Waals surface area contributed by atoms with Gasteiger partial charge in [-0.15, -0.1) is 0 Å². The number of nitrogens with one attached hydrogen (secondary N) is 4. The monoisotopic (exact) mass is 356 g/mol. The Bertz CT molecular complexity index is 819. The zero-order valence-corrected chi connectivity index (χ0v) is 14.8. The molecular formula is C16H16N6S2. The number of rotatable bonds is 2. The largest absolute Gasteiger partial charge is 0.364 e. The minimum atomic E-state index is 0.434. The van der Waals surface area contributed by atoms with E-state index in [1.54, 1.807) is 14.1 Å². The van der Waals surface area contributed by atoms with Crippen molar-refractivity contribution in [1.82, 2.24) is 21.5 Å². The molecule has 4 N–H and O–H groups in total. The van der Waals surface area contributed by atoms with Crippen LogP contribution < -0.4 is 21.5 Å². The number of thiocarbonyl (C=S) groups is 2. The molecule has 0 amide bonds. The third-order valence-corrected chi connectivity index (χ3v) is 4.22. The Labute approximate surface area is 150 Å². The van der Waals surface area contributed by atoms with Gasteiger partial charge in [-0.25, -0.2) is 0 Å². The van der Waals surface area contributed by atoms with Crippen molar-refractivity contribution in [2.45, 2.75) is 0 Å². The third-order valence-electron chi connectivity index (χ3n) is 3.63. The SMILES string of the molecule is CNC(=S)N/N=C1\C(=N\NC(=S)NC)c2cccc3cccc1c23. The fraction of sp³-hybridized carbons (Fsp3) is 0.125. The molecule has 122 valence electrons. The molecule has 1 aliphatic carbocycles. The molecule has 0 aromatic heterocycles. The van der Waals surface area contributed by atoms with Crippen molar-refractivity contribution in [2.75, 3.05) is 14.1 Å². The van der Waals surface area contributed by atoms with E-state index in [-0.39, 0.29) is 0 Å². The minimum absolute atomic E-state index is 0.434. The first-order valence-corrected chi connectivity index (χ1v) is 8.11. The molecule has 6 nitrogen and oxygen atoms in total. The molecule has 0 aliphatic heterocycles. The second-order valence-corrected chi connectivity index (χ2v) is 5.83. The van der Waals surface area contributed by atoms with Crippen LogP contribution in [0, 0.1) is 0 Å². The summed E-state index contributed by atoms with van der Waals surface area (Å²) >= 11 is 10.2. The Hall–Kier alpha value is -2.58. The summed E-state index contributed by atoms with van der Waals surface area (Å²) in [5.41, 5.74) is 9.11. The van der Waals surface area contributed by atoms with Crippen molar-refractivity contribution < 1.29 is 0 Å². The van der Waals surface area contributed by atoms with Gasteiger partial charge in [-0.3, -0.25) is 10.9 Å². The molecule has 1 aliphatic rings. The van der Waals surface area contributed by atoms with Crippen molar-refractivity contribution in [3.8, 4) is 0 Å². The van der Waals surface area contributed by atoms with Crippen molar-refractivity contribution in [2.24, 2.45) is 10.2 Å². The predicted molar refractivity (Wildman–Crippen MR) is 107 cm³/mol. The maximum Gasteiger partial charge on any atom is 0.186 e. The zero-order valence-electron chi connectivity index (χ0n) is 13.2. The standard InChI is InChI=1S/C16H16N6S2/c1-17-15(23)21-19-13-10-7-3-5-9-6-4-8-11(12(9)10)14(13)20-22-16(24)18-2/h3-8H,1-2H3,(H2,17,21,23)(H2,18,22,24)/b19-13-,20-14+. The number of benzene rings is 2. The van der Waals surface area contributed by atoms with Crippen LogP contribution in [0.15, 0.2) is 46.6 Å². The lowest BCUT2D eigenvalue weighted by atomic mass is 10.1. The highest BCUT2D eigenvalue weighted by Gasteiger charge is 2.27. The molecule has 0 spiro atoms. The highest BCUT2D eigenvalue weighted by atomic mass is 32.1. The first-order chi connectivity index (χ1) is 11.7. The Balaban J connectivity index is 2.13. The van der Waals surface area contributed by atoms with Crippen LogP contribution in [0.2, 0.25) is 0 Å². The highest BCUT2D eigenvalue weighted by Crippen LogP contribution is 2.31. The molecule has 0 bridgehead atoms. The van der Waals surface area contributed by atoms with Gasteiger partial charge in [0.05, 0.1) is 0 Å². The Kier molecular flexibility index (Phi) is 4.68. The molecular weight excluding hydrogens is 340 g/mol. The smallest absolute Gasteiger partial charge is 0.186 e. The predicted octanol–water partition coefficient (Wildman–Crippen LogP) is 1.45. The van der Waals surface area contributed by atoms with Crippen molar-refractivity contribution in [3.63, 3.8) is 0 Å². The van der Waals surface area contributed by atoms with Gasteiger partial charge in [0.1, 0.15) is 11.4 Å². The molecule has 0 atom stereocenters. The molecule has 0 heterocycles. The topological polar surface area (TPSA) is 72.8 Å². The molecule has 2 aromatic carbocycles. The van der Waals surface area contributed by atoms with Gasteiger partial charge in [0.25, 0.3) is 0 Å². The Morgan fingerprint density at radius 1 is 0.792 bits per heavy atom. The molecule has 3 rings (SSSR count). The average Bonchev–Trinajstić information content (AvgIpc) is 2.92. The van der Waals surface area contributed by atoms with E-state index in [1.165, 1.54) is 0 Å². The minimum Gasteiger partial charge on any atom is -0.364 e. The summed E-state index contributed by atoms with van der Waals surface area (Å²) < 4.78 is 0. The van der Waals surface area contributed by atoms with Crippen molar-refractivity contribution >= 4 is 56.9 Å². The lowest BCUT2D eigenvalue weighted by molar-refractivity contribution is 0.969. The number of hydrogen-bond donors (Lipinski definition) is 4. The number of hydrogen-bond acceptors (Lipinski definition) is 4. The van der Waals surface area contributed by atoms with Crippen LogP contribution in [-0.2, 0) is 0 Å². The van der Waals surface area contributed by atoms with E-state index >= 15 is 0 Å². The summed E-state index contributed by atoms with van der Waals surface area (Å²) in [5, 5.41) is 17.7. The molecule has 0 saturated heterocycles. The van der Waals surface area contributed by atoms with Crippen LogP contribution in [-0.4, -0.2) is 35.7 Å². The van der Waals surface area contributed by atoms with Gasteiger partial charge < -0.3 is 10.6 Å². The van der Waals surface area contributed by atoms with Crippen molar-refractivity contribution in [3.05, 3.63) is 47.5 Å². The molecule has 8 heteroatoms. The zero-order chi connectivity index (χ0) is 17.1. The van der Waals surface area contributed by atoms with Gasteiger partial charge in [0.15, 0.2) is 10.2 Å². The lowest BCUT2D eigenvalue weighted by Gasteiger charge is -2.06. The van der Waals surface area contributed by atoms with Gasteiger partial charge in [0.2, 0.25) is 0 Å². The molecule has 0 saturated carbocycles. The molecule has 0 unspecified atom stereocenters. The second-order valence-electron chi connectivity index (χ2n) is 5.01. The molecule has 0 fully saturated rings. The third kappa shape index (κ3) is 2.93. The summed E-state index contributed by atoms with van der Waals surface area (Å²) in [6.07, 6.45) is 0. The normalized spacial score (nSPS) is 15.6. The van der Waals surface area contributed by atoms with E-state index < -0.39 is 0 Å². The molecule has 24 heavy (non-hydrogen) atoms. The first-order valence-electron chi connectivity index (χ1n) is 7.29. The van der Waals surface area contributed by atoms with Crippen molar-refractivity contribution in [1.29, 1.82) is 0 Å². The first kappa shape index (κ1) is 16.3. The van der Waals surface area contributed by atoms with Crippen LogP contribution in [0.5, 0.6) is 0 Å². The quantitative estimate of drug-likeness (QED) is 0.482. The highest BCUT2D eigenvalue weighted by molar-refractivity contribution is 7.80. The molecule has 0 radical (unpaired) electrons. The fourth-order valence-electron chi connectivity index (χ4n) is 2.54. The van der Waals surface area contributed by atoms with Crippen LogP contribution in [0.3, 0.4) is 0 Å². The summed E-state index contributed by atoms with van der Waals surface area (Å²) in [7, 11) is 3.48. The fourth-order valence-corrected chi connectivity index (χ4v) is 2.63. The Morgan fingerprint density at radius 2 is 1.25 bits per heavy atom.